The Morgan fingerprint density at radius 3 is 2.62 bits per heavy atom. The first-order chi connectivity index (χ1) is 6.24. The fourth-order valence-corrected chi connectivity index (χ4v) is 1.61. The highest BCUT2D eigenvalue weighted by atomic mass is 16.1. The number of hydrogen-bond acceptors (Lipinski definition) is 1. The summed E-state index contributed by atoms with van der Waals surface area (Å²) in [6.45, 7) is 6.40. The van der Waals surface area contributed by atoms with Gasteiger partial charge in [0.1, 0.15) is 0 Å². The Balaban J connectivity index is 3.11. The first kappa shape index (κ1) is 10.0. The van der Waals surface area contributed by atoms with Crippen molar-refractivity contribution in [2.24, 2.45) is 0 Å². The minimum Gasteiger partial charge on any atom is -0.340 e. The van der Waals surface area contributed by atoms with Gasteiger partial charge in [-0.15, -0.1) is 0 Å². The summed E-state index contributed by atoms with van der Waals surface area (Å²) in [6.07, 6.45) is 2.98. The first-order valence-electron chi connectivity index (χ1n) is 4.89. The number of carbonyl (C=O) groups is 1. The molecule has 72 valence electrons. The maximum absolute atomic E-state index is 10.8. The lowest BCUT2D eigenvalue weighted by Crippen LogP contribution is -2.10. The summed E-state index contributed by atoms with van der Waals surface area (Å²) in [7, 11) is 0. The Morgan fingerprint density at radius 2 is 2.15 bits per heavy atom. The molecule has 0 saturated heterocycles. The van der Waals surface area contributed by atoms with Gasteiger partial charge in [-0.05, 0) is 31.9 Å². The van der Waals surface area contributed by atoms with Crippen LogP contribution in [0.2, 0.25) is 0 Å². The van der Waals surface area contributed by atoms with Crippen molar-refractivity contribution in [2.75, 3.05) is 0 Å². The van der Waals surface area contributed by atoms with Gasteiger partial charge in [-0.1, -0.05) is 13.8 Å². The zero-order valence-corrected chi connectivity index (χ0v) is 8.58. The summed E-state index contributed by atoms with van der Waals surface area (Å²) >= 11 is 0. The molecule has 1 unspecified atom stereocenters. The molecule has 1 atom stereocenters. The number of hydrogen-bond donors (Lipinski definition) is 0. The van der Waals surface area contributed by atoms with Crippen LogP contribution in [0.4, 0.5) is 0 Å². The van der Waals surface area contributed by atoms with Gasteiger partial charge in [-0.2, -0.15) is 0 Å². The van der Waals surface area contributed by atoms with E-state index in [2.05, 4.69) is 25.3 Å². The molecule has 2 heteroatoms. The van der Waals surface area contributed by atoms with Gasteiger partial charge < -0.3 is 4.57 Å². The Hall–Kier alpha value is -1.05. The van der Waals surface area contributed by atoms with Crippen molar-refractivity contribution in [1.82, 2.24) is 4.57 Å². The third kappa shape index (κ3) is 1.82. The molecule has 0 bridgehead atoms. The topological polar surface area (TPSA) is 22.0 Å². The van der Waals surface area contributed by atoms with Gasteiger partial charge in [0.25, 0.3) is 0 Å². The van der Waals surface area contributed by atoms with Crippen LogP contribution in [0.1, 0.15) is 49.4 Å². The maximum atomic E-state index is 10.8. The van der Waals surface area contributed by atoms with Crippen LogP contribution in [-0.2, 0) is 6.42 Å². The van der Waals surface area contributed by atoms with Gasteiger partial charge >= 0.3 is 0 Å². The summed E-state index contributed by atoms with van der Waals surface area (Å²) in [5.74, 6) is 0. The number of carbonyl (C=O) groups excluding carboxylic acids is 1. The number of aryl methyl sites for hydroxylation is 1. The van der Waals surface area contributed by atoms with Gasteiger partial charge in [0.05, 0.1) is 5.69 Å². The summed E-state index contributed by atoms with van der Waals surface area (Å²) in [5, 5.41) is 0. The van der Waals surface area contributed by atoms with Gasteiger partial charge in [-0.3, -0.25) is 4.79 Å². The van der Waals surface area contributed by atoms with Crippen LogP contribution in [0.3, 0.4) is 0 Å². The normalized spacial score (nSPS) is 12.8. The van der Waals surface area contributed by atoms with Crippen molar-refractivity contribution >= 4 is 6.29 Å². The van der Waals surface area contributed by atoms with Crippen LogP contribution in [0.5, 0.6) is 0 Å². The standard InChI is InChI=1S/C11H17NO/c1-4-9(3)12-10(5-2)6-7-11(12)8-13/h6-9H,4-5H2,1-3H3. The molecule has 0 aliphatic rings. The fraction of sp³-hybridized carbons (Fsp3) is 0.545. The minimum absolute atomic E-state index is 0.421. The van der Waals surface area contributed by atoms with Crippen molar-refractivity contribution in [2.45, 2.75) is 39.7 Å². The Morgan fingerprint density at radius 1 is 1.46 bits per heavy atom. The summed E-state index contributed by atoms with van der Waals surface area (Å²) < 4.78 is 2.13. The highest BCUT2D eigenvalue weighted by Crippen LogP contribution is 2.18. The van der Waals surface area contributed by atoms with E-state index in [-0.39, 0.29) is 0 Å². The Labute approximate surface area is 79.6 Å². The van der Waals surface area contributed by atoms with Crippen molar-refractivity contribution in [3.63, 3.8) is 0 Å². The van der Waals surface area contributed by atoms with Crippen LogP contribution in [-0.4, -0.2) is 10.9 Å². The largest absolute Gasteiger partial charge is 0.340 e. The molecule has 1 aromatic rings. The first-order valence-corrected chi connectivity index (χ1v) is 4.89. The number of aromatic nitrogens is 1. The Bertz CT molecular complexity index is 288. The van der Waals surface area contributed by atoms with Crippen molar-refractivity contribution < 1.29 is 4.79 Å². The monoisotopic (exact) mass is 179 g/mol. The number of nitrogens with zero attached hydrogens (tertiary/aromatic N) is 1. The lowest BCUT2D eigenvalue weighted by atomic mass is 10.2. The highest BCUT2D eigenvalue weighted by Gasteiger charge is 2.10. The van der Waals surface area contributed by atoms with Crippen molar-refractivity contribution in [3.8, 4) is 0 Å². The number of aldehydes is 1. The van der Waals surface area contributed by atoms with Gasteiger partial charge in [0, 0.05) is 11.7 Å². The fourth-order valence-electron chi connectivity index (χ4n) is 1.61. The molecule has 2 nitrogen and oxygen atoms in total. The minimum atomic E-state index is 0.421. The predicted octanol–water partition coefficient (Wildman–Crippen LogP) is 2.83. The molecular weight excluding hydrogens is 162 g/mol. The van der Waals surface area contributed by atoms with E-state index in [9.17, 15) is 4.79 Å². The van der Waals surface area contributed by atoms with E-state index >= 15 is 0 Å². The van der Waals surface area contributed by atoms with Gasteiger partial charge in [0.2, 0.25) is 0 Å². The van der Waals surface area contributed by atoms with Crippen molar-refractivity contribution in [3.05, 3.63) is 23.5 Å². The highest BCUT2D eigenvalue weighted by molar-refractivity contribution is 5.72. The molecule has 0 aliphatic heterocycles. The van der Waals surface area contributed by atoms with E-state index in [1.807, 2.05) is 12.1 Å². The molecule has 0 spiro atoms. The van der Waals surface area contributed by atoms with E-state index in [4.69, 9.17) is 0 Å². The molecule has 13 heavy (non-hydrogen) atoms. The molecule has 0 aromatic carbocycles. The summed E-state index contributed by atoms with van der Waals surface area (Å²) in [5.41, 5.74) is 2.04. The summed E-state index contributed by atoms with van der Waals surface area (Å²) in [4.78, 5) is 10.8. The molecule has 0 N–H and O–H groups in total. The quantitative estimate of drug-likeness (QED) is 0.651. The summed E-state index contributed by atoms with van der Waals surface area (Å²) in [6, 6.07) is 4.36. The molecule has 0 aliphatic carbocycles. The molecule has 0 fully saturated rings. The lowest BCUT2D eigenvalue weighted by molar-refractivity contribution is 0.111. The number of rotatable bonds is 4. The smallest absolute Gasteiger partial charge is 0.166 e. The van der Waals surface area contributed by atoms with Gasteiger partial charge in [-0.25, -0.2) is 0 Å². The SMILES string of the molecule is CCc1ccc(C=O)n1C(C)CC. The molecule has 1 rings (SSSR count). The zero-order valence-electron chi connectivity index (χ0n) is 8.58. The van der Waals surface area contributed by atoms with E-state index in [1.165, 1.54) is 5.69 Å². The van der Waals surface area contributed by atoms with E-state index < -0.39 is 0 Å². The zero-order chi connectivity index (χ0) is 9.84. The molecular formula is C11H17NO. The lowest BCUT2D eigenvalue weighted by Gasteiger charge is -2.16. The van der Waals surface area contributed by atoms with Gasteiger partial charge in [0.15, 0.2) is 6.29 Å². The average molecular weight is 179 g/mol. The van der Waals surface area contributed by atoms with Crippen LogP contribution in [0.15, 0.2) is 12.1 Å². The maximum Gasteiger partial charge on any atom is 0.166 e. The van der Waals surface area contributed by atoms with E-state index in [0.29, 0.717) is 6.04 Å². The van der Waals surface area contributed by atoms with Crippen LogP contribution in [0, 0.1) is 0 Å². The second-order valence-electron chi connectivity index (χ2n) is 3.35. The van der Waals surface area contributed by atoms with Crippen LogP contribution in [0.25, 0.3) is 0 Å². The second-order valence-corrected chi connectivity index (χ2v) is 3.35. The molecule has 0 radical (unpaired) electrons. The molecule has 1 aromatic heterocycles. The molecule has 0 amide bonds. The molecule has 0 saturated carbocycles. The average Bonchev–Trinajstić information content (AvgIpc) is 2.59. The Kier molecular flexibility index (Phi) is 3.29. The third-order valence-corrected chi connectivity index (χ3v) is 2.55. The van der Waals surface area contributed by atoms with E-state index in [1.54, 1.807) is 0 Å². The predicted molar refractivity (Wildman–Crippen MR) is 54.2 cm³/mol. The third-order valence-electron chi connectivity index (χ3n) is 2.55. The van der Waals surface area contributed by atoms with E-state index in [0.717, 1.165) is 24.8 Å². The van der Waals surface area contributed by atoms with Crippen LogP contribution < -0.4 is 0 Å². The van der Waals surface area contributed by atoms with Crippen molar-refractivity contribution in [1.29, 1.82) is 0 Å². The molecule has 1 heterocycles. The second kappa shape index (κ2) is 4.26. The van der Waals surface area contributed by atoms with Crippen LogP contribution >= 0.6 is 0 Å².